The molecule has 5 nitrogen and oxygen atoms in total. The molecule has 35 heavy (non-hydrogen) atoms. The lowest BCUT2D eigenvalue weighted by atomic mass is 10.00. The number of aromatic nitrogens is 1. The average Bonchev–Trinajstić information content (AvgIpc) is 3.35. The van der Waals surface area contributed by atoms with Gasteiger partial charge in [0.1, 0.15) is 12.9 Å². The van der Waals surface area contributed by atoms with E-state index in [-0.39, 0.29) is 0 Å². The van der Waals surface area contributed by atoms with Gasteiger partial charge in [0.2, 0.25) is 0 Å². The lowest BCUT2D eigenvalue weighted by molar-refractivity contribution is -0.108. The molecule has 192 valence electrons. The van der Waals surface area contributed by atoms with E-state index in [0.29, 0.717) is 26.1 Å². The summed E-state index contributed by atoms with van der Waals surface area (Å²) in [5.41, 5.74) is 4.75. The fourth-order valence-corrected chi connectivity index (χ4v) is 3.19. The number of carbonyl (C=O) groups excluding carboxylic acids is 1. The third-order valence-corrected chi connectivity index (χ3v) is 4.87. The van der Waals surface area contributed by atoms with E-state index < -0.39 is 0 Å². The van der Waals surface area contributed by atoms with Crippen molar-refractivity contribution in [1.29, 1.82) is 0 Å². The van der Waals surface area contributed by atoms with Gasteiger partial charge < -0.3 is 19.0 Å². The van der Waals surface area contributed by atoms with Gasteiger partial charge in [-0.05, 0) is 44.0 Å². The third-order valence-electron chi connectivity index (χ3n) is 4.87. The predicted molar refractivity (Wildman–Crippen MR) is 148 cm³/mol. The van der Waals surface area contributed by atoms with Gasteiger partial charge >= 0.3 is 0 Å². The molecule has 0 atom stereocenters. The molecule has 0 bridgehead atoms. The van der Waals surface area contributed by atoms with Crippen LogP contribution in [0.4, 0.5) is 5.69 Å². The zero-order valence-electron chi connectivity index (χ0n) is 22.5. The molecule has 1 aromatic heterocycles. The van der Waals surface area contributed by atoms with Crippen LogP contribution in [-0.2, 0) is 22.6 Å². The van der Waals surface area contributed by atoms with E-state index in [1.807, 2.05) is 32.9 Å². The number of unbranched alkanes of at least 4 members (excludes halogenated alkanes) is 1. The van der Waals surface area contributed by atoms with Crippen LogP contribution >= 0.6 is 0 Å². The Morgan fingerprint density at radius 3 is 2.63 bits per heavy atom. The maximum Gasteiger partial charge on any atom is 0.162 e. The summed E-state index contributed by atoms with van der Waals surface area (Å²) < 4.78 is 10.3. The molecule has 1 heterocycles. The second-order valence-corrected chi connectivity index (χ2v) is 7.50. The maximum atomic E-state index is 10.0. The highest BCUT2D eigenvalue weighted by atomic mass is 16.5. The molecule has 0 amide bonds. The minimum atomic E-state index is 0.396. The first-order valence-corrected chi connectivity index (χ1v) is 12.6. The fraction of sp³-hybridized carbons (Fsp3) is 0.467. The molecular formula is C30H44N2O3. The maximum absolute atomic E-state index is 10.0. The fourth-order valence-electron chi connectivity index (χ4n) is 3.19. The Morgan fingerprint density at radius 1 is 1.26 bits per heavy atom. The number of nitrogens with zero attached hydrogens (tertiary/aromatic N) is 2. The Hall–Kier alpha value is -3.10. The molecule has 0 unspecified atom stereocenters. The molecule has 0 saturated heterocycles. The third kappa shape index (κ3) is 13.4. The molecule has 0 spiro atoms. The van der Waals surface area contributed by atoms with Gasteiger partial charge in [-0.25, -0.2) is 0 Å². The zero-order chi connectivity index (χ0) is 26.3. The number of allylic oxidation sites excluding steroid dienone is 3. The summed E-state index contributed by atoms with van der Waals surface area (Å²) in [7, 11) is 2.06. The molecule has 0 fully saturated rings. The van der Waals surface area contributed by atoms with Crippen molar-refractivity contribution in [3.05, 3.63) is 65.7 Å². The number of para-hydroxylation sites is 1. The van der Waals surface area contributed by atoms with Crippen molar-refractivity contribution in [3.63, 3.8) is 0 Å². The van der Waals surface area contributed by atoms with Crippen LogP contribution in [-0.4, -0.2) is 25.1 Å². The van der Waals surface area contributed by atoms with Crippen LogP contribution in [0.3, 0.4) is 0 Å². The predicted octanol–water partition coefficient (Wildman–Crippen LogP) is 7.62. The highest BCUT2D eigenvalue weighted by molar-refractivity contribution is 5.77. The minimum absolute atomic E-state index is 0.396. The van der Waals surface area contributed by atoms with Gasteiger partial charge in [0.05, 0.1) is 12.3 Å². The number of aryl methyl sites for hydroxylation is 1. The summed E-state index contributed by atoms with van der Waals surface area (Å²) in [6.45, 7) is 11.2. The van der Waals surface area contributed by atoms with Gasteiger partial charge in [0, 0.05) is 37.2 Å². The number of benzene rings is 1. The summed E-state index contributed by atoms with van der Waals surface area (Å²) in [6.07, 6.45) is 17.7. The smallest absolute Gasteiger partial charge is 0.162 e. The van der Waals surface area contributed by atoms with Crippen LogP contribution in [0.25, 0.3) is 5.57 Å². The van der Waals surface area contributed by atoms with Crippen molar-refractivity contribution < 1.29 is 14.1 Å². The molecule has 2 rings (SSSR count). The average molecular weight is 481 g/mol. The van der Waals surface area contributed by atoms with Crippen LogP contribution in [0, 0.1) is 12.3 Å². The van der Waals surface area contributed by atoms with Crippen molar-refractivity contribution in [2.24, 2.45) is 0 Å². The lowest BCUT2D eigenvalue weighted by Gasteiger charge is -2.19. The van der Waals surface area contributed by atoms with Crippen molar-refractivity contribution in [2.75, 3.05) is 18.6 Å². The quantitative estimate of drug-likeness (QED) is 0.168. The largest absolute Gasteiger partial charge is 0.373 e. The molecule has 0 saturated carbocycles. The number of hydrogen-bond donors (Lipinski definition) is 0. The van der Waals surface area contributed by atoms with E-state index in [1.165, 1.54) is 16.8 Å². The summed E-state index contributed by atoms with van der Waals surface area (Å²) in [5, 5.41) is 3.93. The van der Waals surface area contributed by atoms with Crippen LogP contribution in [0.15, 0.2) is 53.2 Å². The van der Waals surface area contributed by atoms with E-state index in [2.05, 4.69) is 73.4 Å². The number of anilines is 1. The highest BCUT2D eigenvalue weighted by Gasteiger charge is 2.08. The van der Waals surface area contributed by atoms with Gasteiger partial charge in [-0.3, -0.25) is 0 Å². The Bertz CT molecular complexity index is 906. The Kier molecular flexibility index (Phi) is 19.5. The van der Waals surface area contributed by atoms with Gasteiger partial charge in [0.15, 0.2) is 5.76 Å². The second kappa shape index (κ2) is 21.4. The van der Waals surface area contributed by atoms with Crippen molar-refractivity contribution in [2.45, 2.75) is 79.8 Å². The molecule has 5 heteroatoms. The number of rotatable bonds is 13. The van der Waals surface area contributed by atoms with E-state index in [1.54, 1.807) is 0 Å². The normalized spacial score (nSPS) is 10.6. The summed E-state index contributed by atoms with van der Waals surface area (Å²) in [6, 6.07) is 10.3. The number of carbonyl (C=O) groups is 1. The molecule has 0 aliphatic rings. The summed E-state index contributed by atoms with van der Waals surface area (Å²) >= 11 is 0. The SMILES string of the molecule is C#CC/C=C(\CC)c1ccccc1N(C)/C=C/C.CC.CCCCc1cc(COCCC=O)on1. The van der Waals surface area contributed by atoms with Crippen LogP contribution in [0.5, 0.6) is 0 Å². The van der Waals surface area contributed by atoms with Gasteiger partial charge in [-0.1, -0.05) is 69.6 Å². The summed E-state index contributed by atoms with van der Waals surface area (Å²) in [4.78, 5) is 12.2. The molecule has 0 N–H and O–H groups in total. The number of hydrogen-bond acceptors (Lipinski definition) is 5. The number of aldehydes is 1. The second-order valence-electron chi connectivity index (χ2n) is 7.50. The van der Waals surface area contributed by atoms with Gasteiger partial charge in [-0.15, -0.1) is 12.3 Å². The molecule has 0 radical (unpaired) electrons. The van der Waals surface area contributed by atoms with E-state index >= 15 is 0 Å². The Balaban J connectivity index is 0.000000625. The zero-order valence-corrected chi connectivity index (χ0v) is 22.5. The van der Waals surface area contributed by atoms with Crippen molar-refractivity contribution >= 4 is 17.5 Å². The van der Waals surface area contributed by atoms with Crippen molar-refractivity contribution in [3.8, 4) is 12.3 Å². The van der Waals surface area contributed by atoms with Crippen LogP contribution in [0.1, 0.15) is 83.7 Å². The monoisotopic (exact) mass is 480 g/mol. The Morgan fingerprint density at radius 2 is 2.00 bits per heavy atom. The molecule has 0 aliphatic heterocycles. The number of terminal acetylenes is 1. The Labute approximate surface area is 213 Å². The molecule has 1 aromatic carbocycles. The standard InChI is InChI=1S/C17H21N.C11H17NO3.C2H6/c1-5-8-11-15(7-3)16-12-9-10-13-17(16)18(4)14-6-2;1-2-3-5-10-8-11(15-12-10)9-14-7-4-6-13;1-2/h1,6,9-14H,7-8H2,2-4H3;6,8H,2-5,7,9H2,1H3;1-2H3/b14-6+,15-11+;;. The first kappa shape index (κ1) is 31.9. The van der Waals surface area contributed by atoms with E-state index in [9.17, 15) is 4.79 Å². The molecular weight excluding hydrogens is 436 g/mol. The van der Waals surface area contributed by atoms with Gasteiger partial charge in [0.25, 0.3) is 0 Å². The highest BCUT2D eigenvalue weighted by Crippen LogP contribution is 2.29. The minimum Gasteiger partial charge on any atom is -0.373 e. The van der Waals surface area contributed by atoms with Crippen LogP contribution < -0.4 is 4.90 Å². The first-order chi connectivity index (χ1) is 17.1. The number of ether oxygens (including phenoxy) is 1. The van der Waals surface area contributed by atoms with Crippen molar-refractivity contribution in [1.82, 2.24) is 5.16 Å². The molecule has 0 aliphatic carbocycles. The lowest BCUT2D eigenvalue weighted by Crippen LogP contribution is -2.09. The topological polar surface area (TPSA) is 55.6 Å². The van der Waals surface area contributed by atoms with Crippen LogP contribution in [0.2, 0.25) is 0 Å². The van der Waals surface area contributed by atoms with E-state index in [4.69, 9.17) is 15.7 Å². The van der Waals surface area contributed by atoms with Gasteiger partial charge in [-0.2, -0.15) is 0 Å². The molecule has 2 aromatic rings. The summed E-state index contributed by atoms with van der Waals surface area (Å²) in [5.74, 6) is 3.40. The van der Waals surface area contributed by atoms with E-state index in [0.717, 1.165) is 43.4 Å². The first-order valence-electron chi connectivity index (χ1n) is 12.6.